The number of carbonyl (C=O) groups is 5. The number of likely N-dealkylation sites (tertiary alicyclic amines) is 2. The lowest BCUT2D eigenvalue weighted by molar-refractivity contribution is -0.145. The van der Waals surface area contributed by atoms with Crippen molar-refractivity contribution in [2.45, 2.75) is 116 Å². The molecule has 1 saturated carbocycles. The second-order valence-electron chi connectivity index (χ2n) is 13.1. The molecule has 11 nitrogen and oxygen atoms in total. The van der Waals surface area contributed by atoms with Gasteiger partial charge in [-0.2, -0.15) is 0 Å². The minimum absolute atomic E-state index is 0.0897. The summed E-state index contributed by atoms with van der Waals surface area (Å²) in [6, 6.07) is -1.60. The Kier molecular flexibility index (Phi) is 11.8. The summed E-state index contributed by atoms with van der Waals surface area (Å²) in [6.45, 7) is 9.27. The van der Waals surface area contributed by atoms with E-state index in [-0.39, 0.29) is 29.8 Å². The van der Waals surface area contributed by atoms with E-state index in [9.17, 15) is 29.1 Å². The summed E-state index contributed by atoms with van der Waals surface area (Å²) in [7, 11) is 0. The Morgan fingerprint density at radius 2 is 1.86 bits per heavy atom. The molecular weight excluding hydrogens is 538 g/mol. The predicted octanol–water partition coefficient (Wildman–Crippen LogP) is 3.19. The zero-order chi connectivity index (χ0) is 30.9. The van der Waals surface area contributed by atoms with Gasteiger partial charge in [-0.1, -0.05) is 59.1 Å². The molecule has 2 heterocycles. The minimum Gasteiger partial charge on any atom is -0.479 e. The Hall–Kier alpha value is -3.11. The fourth-order valence-electron chi connectivity index (χ4n) is 5.83. The smallest absolute Gasteiger partial charge is 0.330 e. The largest absolute Gasteiger partial charge is 0.479 e. The van der Waals surface area contributed by atoms with Crippen LogP contribution < -0.4 is 16.0 Å². The topological polar surface area (TPSA) is 148 Å². The lowest BCUT2D eigenvalue weighted by Crippen LogP contribution is -2.56. The van der Waals surface area contributed by atoms with Gasteiger partial charge in [0.25, 0.3) is 0 Å². The number of carboxylic acid groups (broad SMARTS) is 1. The predicted molar refractivity (Wildman–Crippen MR) is 159 cm³/mol. The standard InChI is InChI=1S/C31H51N5O6/c1-5-6-7-8-9-10-14-22-19-31(22,28(40)41)34-27(39)23-15-13-18-36(23)26(38)20-32-29(42)33-24(30(2,3)4)21-35-17-12-11-16-25(35)37/h10,14,22-24H,5-9,11-13,15-21H2,1-4H3,(H,34,39)(H,40,41)(H2,32,33,42)/b14-10-/t22?,23-,24+,31+/m0/s1. The maximum atomic E-state index is 13.2. The fourth-order valence-corrected chi connectivity index (χ4v) is 5.83. The van der Waals surface area contributed by atoms with Crippen molar-refractivity contribution in [3.8, 4) is 0 Å². The van der Waals surface area contributed by atoms with E-state index in [0.29, 0.717) is 45.3 Å². The van der Waals surface area contributed by atoms with Gasteiger partial charge in [-0.25, -0.2) is 9.59 Å². The van der Waals surface area contributed by atoms with Gasteiger partial charge in [0.05, 0.1) is 12.6 Å². The molecule has 3 fully saturated rings. The van der Waals surface area contributed by atoms with Crippen LogP contribution in [0.1, 0.15) is 98.3 Å². The third-order valence-electron chi connectivity index (χ3n) is 8.79. The number of allylic oxidation sites excluding steroid dienone is 1. The van der Waals surface area contributed by atoms with E-state index in [2.05, 4.69) is 22.9 Å². The molecule has 0 radical (unpaired) electrons. The molecule has 3 rings (SSSR count). The van der Waals surface area contributed by atoms with E-state index >= 15 is 0 Å². The van der Waals surface area contributed by atoms with Crippen LogP contribution in [0.25, 0.3) is 0 Å². The molecule has 5 amide bonds. The number of nitrogens with one attached hydrogen (secondary N) is 3. The van der Waals surface area contributed by atoms with Crippen molar-refractivity contribution < 1.29 is 29.1 Å². The molecule has 0 bridgehead atoms. The van der Waals surface area contributed by atoms with E-state index in [1.54, 1.807) is 4.90 Å². The third kappa shape index (κ3) is 8.94. The quantitative estimate of drug-likeness (QED) is 0.181. The Morgan fingerprint density at radius 3 is 2.52 bits per heavy atom. The van der Waals surface area contributed by atoms with Gasteiger partial charge in [-0.3, -0.25) is 14.4 Å². The first-order chi connectivity index (χ1) is 19.9. The van der Waals surface area contributed by atoms with Crippen LogP contribution in [0.5, 0.6) is 0 Å². The number of aliphatic carboxylic acids is 1. The van der Waals surface area contributed by atoms with Crippen LogP contribution in [-0.2, 0) is 19.2 Å². The number of hydrogen-bond donors (Lipinski definition) is 4. The lowest BCUT2D eigenvalue weighted by atomic mass is 9.86. The van der Waals surface area contributed by atoms with Crippen LogP contribution in [-0.4, -0.2) is 88.4 Å². The molecule has 1 aliphatic carbocycles. The van der Waals surface area contributed by atoms with E-state index in [4.69, 9.17) is 0 Å². The maximum absolute atomic E-state index is 13.2. The molecule has 3 aliphatic rings. The highest BCUT2D eigenvalue weighted by Gasteiger charge is 2.61. The molecule has 0 aromatic carbocycles. The molecule has 11 heteroatoms. The highest BCUT2D eigenvalue weighted by Crippen LogP contribution is 2.45. The SMILES string of the molecule is CCCCCC/C=C\C1C[C@]1(NC(=O)[C@@H]1CCCN1C(=O)CNC(=O)N[C@H](CN1CCCCC1=O)C(C)(C)C)C(=O)O. The van der Waals surface area contributed by atoms with Gasteiger partial charge in [0, 0.05) is 32.0 Å². The van der Waals surface area contributed by atoms with Crippen LogP contribution in [0.4, 0.5) is 4.79 Å². The van der Waals surface area contributed by atoms with Crippen molar-refractivity contribution in [1.29, 1.82) is 0 Å². The van der Waals surface area contributed by atoms with Crippen molar-refractivity contribution in [2.75, 3.05) is 26.2 Å². The first-order valence-corrected chi connectivity index (χ1v) is 15.7. The van der Waals surface area contributed by atoms with Crippen LogP contribution in [0, 0.1) is 11.3 Å². The van der Waals surface area contributed by atoms with Gasteiger partial charge in [0.15, 0.2) is 0 Å². The molecule has 236 valence electrons. The van der Waals surface area contributed by atoms with Gasteiger partial charge in [-0.15, -0.1) is 0 Å². The monoisotopic (exact) mass is 589 g/mol. The van der Waals surface area contributed by atoms with Crippen LogP contribution in [0.2, 0.25) is 0 Å². The van der Waals surface area contributed by atoms with E-state index in [0.717, 1.165) is 38.5 Å². The number of carbonyl (C=O) groups excluding carboxylic acids is 4. The van der Waals surface area contributed by atoms with Gasteiger partial charge in [0.2, 0.25) is 17.7 Å². The average Bonchev–Trinajstić information content (AvgIpc) is 3.39. The molecule has 2 aliphatic heterocycles. The van der Waals surface area contributed by atoms with Gasteiger partial charge >= 0.3 is 12.0 Å². The number of hydrogen-bond acceptors (Lipinski definition) is 5. The van der Waals surface area contributed by atoms with Crippen molar-refractivity contribution in [3.05, 3.63) is 12.2 Å². The first-order valence-electron chi connectivity index (χ1n) is 15.7. The van der Waals surface area contributed by atoms with Crippen molar-refractivity contribution in [3.63, 3.8) is 0 Å². The Morgan fingerprint density at radius 1 is 1.10 bits per heavy atom. The minimum atomic E-state index is -1.33. The second kappa shape index (κ2) is 14.9. The molecule has 0 aromatic heterocycles. The highest BCUT2D eigenvalue weighted by molar-refractivity contribution is 5.95. The molecule has 0 spiro atoms. The Bertz CT molecular complexity index is 1020. The number of nitrogens with zero attached hydrogens (tertiary/aromatic N) is 2. The fraction of sp³-hybridized carbons (Fsp3) is 0.774. The zero-order valence-electron chi connectivity index (χ0n) is 25.9. The maximum Gasteiger partial charge on any atom is 0.330 e. The third-order valence-corrected chi connectivity index (χ3v) is 8.79. The Labute approximate surface area is 250 Å². The first kappa shape index (κ1) is 33.4. The molecule has 4 atom stereocenters. The van der Waals surface area contributed by atoms with E-state index < -0.39 is 35.4 Å². The molecule has 0 aromatic rings. The summed E-state index contributed by atoms with van der Waals surface area (Å²) in [5, 5.41) is 18.2. The lowest BCUT2D eigenvalue weighted by Gasteiger charge is -2.37. The number of unbranched alkanes of at least 4 members (excludes halogenated alkanes) is 4. The summed E-state index contributed by atoms with van der Waals surface area (Å²) in [6.07, 6.45) is 13.1. The van der Waals surface area contributed by atoms with Crippen LogP contribution in [0.15, 0.2) is 12.2 Å². The van der Waals surface area contributed by atoms with Crippen molar-refractivity contribution >= 4 is 29.7 Å². The molecule has 42 heavy (non-hydrogen) atoms. The van der Waals surface area contributed by atoms with E-state index in [1.807, 2.05) is 32.9 Å². The summed E-state index contributed by atoms with van der Waals surface area (Å²) in [4.78, 5) is 66.7. The van der Waals surface area contributed by atoms with Gasteiger partial charge < -0.3 is 30.9 Å². The molecular formula is C31H51N5O6. The Balaban J connectivity index is 1.50. The summed E-state index contributed by atoms with van der Waals surface area (Å²) >= 11 is 0. The van der Waals surface area contributed by atoms with E-state index in [1.165, 1.54) is 11.3 Å². The van der Waals surface area contributed by atoms with Crippen LogP contribution >= 0.6 is 0 Å². The summed E-state index contributed by atoms with van der Waals surface area (Å²) < 4.78 is 0. The van der Waals surface area contributed by atoms with Crippen LogP contribution in [0.3, 0.4) is 0 Å². The second-order valence-corrected chi connectivity index (χ2v) is 13.1. The number of amides is 5. The number of carboxylic acids is 1. The number of piperidine rings is 1. The zero-order valence-corrected chi connectivity index (χ0v) is 25.9. The van der Waals surface area contributed by atoms with Gasteiger partial charge in [0.1, 0.15) is 11.6 Å². The normalized spacial score (nSPS) is 24.9. The number of urea groups is 1. The van der Waals surface area contributed by atoms with Crippen molar-refractivity contribution in [2.24, 2.45) is 11.3 Å². The summed E-state index contributed by atoms with van der Waals surface area (Å²) in [5.74, 6) is -2.11. The summed E-state index contributed by atoms with van der Waals surface area (Å²) in [5.41, 5.74) is -1.65. The van der Waals surface area contributed by atoms with Gasteiger partial charge in [-0.05, 0) is 50.4 Å². The average molecular weight is 590 g/mol. The molecule has 4 N–H and O–H groups in total. The highest BCUT2D eigenvalue weighted by atomic mass is 16.4. The van der Waals surface area contributed by atoms with Crippen molar-refractivity contribution in [1.82, 2.24) is 25.8 Å². The molecule has 2 saturated heterocycles. The number of rotatable bonds is 14. The molecule has 1 unspecified atom stereocenters.